The summed E-state index contributed by atoms with van der Waals surface area (Å²) >= 11 is 7.19. The molecule has 0 saturated heterocycles. The zero-order valence-electron chi connectivity index (χ0n) is 9.50. The lowest BCUT2D eigenvalue weighted by molar-refractivity contribution is -0.122. The van der Waals surface area contributed by atoms with Crippen molar-refractivity contribution < 1.29 is 14.6 Å². The van der Waals surface area contributed by atoms with Gasteiger partial charge in [0.15, 0.2) is 0 Å². The van der Waals surface area contributed by atoms with E-state index in [4.69, 9.17) is 14.6 Å². The van der Waals surface area contributed by atoms with Gasteiger partial charge in [0.1, 0.15) is 5.75 Å². The predicted octanol–water partition coefficient (Wildman–Crippen LogP) is 3.80. The Bertz CT molecular complexity index is 405. The monoisotopic (exact) mass is 364 g/mol. The van der Waals surface area contributed by atoms with Gasteiger partial charge in [0.25, 0.3) is 6.47 Å². The van der Waals surface area contributed by atoms with Crippen molar-refractivity contribution in [2.75, 3.05) is 6.61 Å². The number of hydrogen-bond acceptors (Lipinski definition) is 2. The quantitative estimate of drug-likeness (QED) is 0.811. The molecular weight excluding hydrogens is 352 g/mol. The second-order valence-corrected chi connectivity index (χ2v) is 5.19. The van der Waals surface area contributed by atoms with Crippen molar-refractivity contribution in [1.29, 1.82) is 0 Å². The molecule has 0 saturated carbocycles. The number of ether oxygens (including phenoxy) is 1. The number of hydrogen-bond donors (Lipinski definition) is 1. The van der Waals surface area contributed by atoms with Crippen LogP contribution in [0.2, 0.25) is 0 Å². The molecule has 1 aliphatic rings. The lowest BCUT2D eigenvalue weighted by atomic mass is 10.1. The van der Waals surface area contributed by atoms with E-state index in [1.165, 1.54) is 17.5 Å². The van der Waals surface area contributed by atoms with Crippen LogP contribution in [0.1, 0.15) is 24.5 Å². The minimum absolute atomic E-state index is 0.250. The summed E-state index contributed by atoms with van der Waals surface area (Å²) in [7, 11) is 0. The van der Waals surface area contributed by atoms with Gasteiger partial charge in [-0.1, -0.05) is 19.4 Å². The minimum atomic E-state index is -0.250. The highest BCUT2D eigenvalue weighted by molar-refractivity contribution is 9.13. The maximum atomic E-state index is 8.36. The van der Waals surface area contributed by atoms with Crippen molar-refractivity contribution in [3.05, 3.63) is 26.1 Å². The molecule has 1 aromatic rings. The Morgan fingerprint density at radius 2 is 2.12 bits per heavy atom. The Morgan fingerprint density at radius 3 is 2.71 bits per heavy atom. The summed E-state index contributed by atoms with van der Waals surface area (Å²) in [5, 5.41) is 6.89. The van der Waals surface area contributed by atoms with Crippen molar-refractivity contribution >= 4 is 38.3 Å². The first-order chi connectivity index (χ1) is 8.15. The number of halogens is 2. The largest absolute Gasteiger partial charge is 0.492 e. The predicted molar refractivity (Wildman–Crippen MR) is 73.7 cm³/mol. The second-order valence-electron chi connectivity index (χ2n) is 3.61. The number of carboxylic acid groups (broad SMARTS) is 1. The van der Waals surface area contributed by atoms with E-state index in [0.717, 1.165) is 34.1 Å². The van der Waals surface area contributed by atoms with Gasteiger partial charge in [0.2, 0.25) is 0 Å². The summed E-state index contributed by atoms with van der Waals surface area (Å²) in [5.41, 5.74) is 2.71. The van der Waals surface area contributed by atoms with Crippen LogP contribution in [0.3, 0.4) is 0 Å². The molecule has 0 atom stereocenters. The Hall–Kier alpha value is -0.550. The first-order valence-electron chi connectivity index (χ1n) is 5.36. The van der Waals surface area contributed by atoms with Crippen LogP contribution in [0, 0.1) is 0 Å². The van der Waals surface area contributed by atoms with Crippen LogP contribution in [-0.2, 0) is 17.6 Å². The second kappa shape index (κ2) is 7.01. The van der Waals surface area contributed by atoms with Gasteiger partial charge >= 0.3 is 0 Å². The molecule has 5 heteroatoms. The molecule has 0 spiro atoms. The Kier molecular flexibility index (Phi) is 5.98. The number of carbonyl (C=O) groups is 1. The van der Waals surface area contributed by atoms with Gasteiger partial charge < -0.3 is 9.84 Å². The SMILES string of the molecule is CCCc1cc2c(c(Br)c1Br)OCC2.O=CO. The molecule has 94 valence electrons. The lowest BCUT2D eigenvalue weighted by Crippen LogP contribution is -1.90. The molecule has 17 heavy (non-hydrogen) atoms. The number of fused-ring (bicyclic) bond motifs is 1. The average Bonchev–Trinajstić information content (AvgIpc) is 2.75. The maximum Gasteiger partial charge on any atom is 0.290 e. The number of rotatable bonds is 2. The third-order valence-electron chi connectivity index (χ3n) is 2.45. The normalized spacial score (nSPS) is 12.2. The minimum Gasteiger partial charge on any atom is -0.492 e. The van der Waals surface area contributed by atoms with Gasteiger partial charge in [-0.05, 0) is 49.4 Å². The van der Waals surface area contributed by atoms with Crippen LogP contribution in [-0.4, -0.2) is 18.2 Å². The fourth-order valence-corrected chi connectivity index (χ4v) is 2.89. The summed E-state index contributed by atoms with van der Waals surface area (Å²) in [5.74, 6) is 1.02. The first-order valence-corrected chi connectivity index (χ1v) is 6.94. The highest BCUT2D eigenvalue weighted by Gasteiger charge is 2.19. The number of benzene rings is 1. The van der Waals surface area contributed by atoms with Crippen molar-refractivity contribution in [2.24, 2.45) is 0 Å². The number of aryl methyl sites for hydroxylation is 1. The molecule has 2 rings (SSSR count). The Morgan fingerprint density at radius 1 is 1.47 bits per heavy atom. The van der Waals surface area contributed by atoms with Crippen LogP contribution in [0.25, 0.3) is 0 Å². The molecule has 1 heterocycles. The molecular formula is C12H14Br2O3. The van der Waals surface area contributed by atoms with Crippen molar-refractivity contribution in [3.8, 4) is 5.75 Å². The van der Waals surface area contributed by atoms with Gasteiger partial charge in [0.05, 0.1) is 11.1 Å². The van der Waals surface area contributed by atoms with E-state index >= 15 is 0 Å². The fourth-order valence-electron chi connectivity index (χ4n) is 1.78. The summed E-state index contributed by atoms with van der Waals surface area (Å²) < 4.78 is 7.80. The van der Waals surface area contributed by atoms with Gasteiger partial charge in [-0.15, -0.1) is 0 Å². The van der Waals surface area contributed by atoms with E-state index in [1.54, 1.807) is 0 Å². The van der Waals surface area contributed by atoms with Crippen LogP contribution in [0.5, 0.6) is 5.75 Å². The maximum absolute atomic E-state index is 8.36. The standard InChI is InChI=1S/C11H12Br2O.CH2O2/c1-2-3-7-6-8-4-5-14-11(8)10(13)9(7)12;2-1-3/h6H,2-5H2,1H3;1H,(H,2,3). The van der Waals surface area contributed by atoms with Gasteiger partial charge in [-0.2, -0.15) is 0 Å². The van der Waals surface area contributed by atoms with Crippen LogP contribution >= 0.6 is 31.9 Å². The molecule has 1 aromatic carbocycles. The van der Waals surface area contributed by atoms with Crippen molar-refractivity contribution in [1.82, 2.24) is 0 Å². The molecule has 1 aliphatic heterocycles. The van der Waals surface area contributed by atoms with Gasteiger partial charge in [-0.3, -0.25) is 4.79 Å². The first kappa shape index (κ1) is 14.5. The molecule has 1 N–H and O–H groups in total. The van der Waals surface area contributed by atoms with E-state index < -0.39 is 0 Å². The molecule has 0 bridgehead atoms. The van der Waals surface area contributed by atoms with E-state index in [0.29, 0.717) is 0 Å². The summed E-state index contributed by atoms with van der Waals surface area (Å²) in [6, 6.07) is 2.26. The third kappa shape index (κ3) is 3.45. The third-order valence-corrected chi connectivity index (χ3v) is 4.65. The summed E-state index contributed by atoms with van der Waals surface area (Å²) in [4.78, 5) is 8.36. The molecule has 0 amide bonds. The Balaban J connectivity index is 0.000000437. The van der Waals surface area contributed by atoms with Crippen LogP contribution in [0.15, 0.2) is 15.0 Å². The highest BCUT2D eigenvalue weighted by Crippen LogP contribution is 2.41. The highest BCUT2D eigenvalue weighted by atomic mass is 79.9. The molecule has 0 aromatic heterocycles. The van der Waals surface area contributed by atoms with Crippen LogP contribution < -0.4 is 4.74 Å². The Labute approximate surface area is 117 Å². The smallest absolute Gasteiger partial charge is 0.290 e. The fraction of sp³-hybridized carbons (Fsp3) is 0.417. The average molecular weight is 366 g/mol. The topological polar surface area (TPSA) is 46.5 Å². The lowest BCUT2D eigenvalue weighted by Gasteiger charge is -2.09. The van der Waals surface area contributed by atoms with Crippen molar-refractivity contribution in [2.45, 2.75) is 26.2 Å². The van der Waals surface area contributed by atoms with Gasteiger partial charge in [0, 0.05) is 10.9 Å². The molecule has 0 fully saturated rings. The molecule has 0 radical (unpaired) electrons. The zero-order chi connectivity index (χ0) is 12.8. The van der Waals surface area contributed by atoms with E-state index in [-0.39, 0.29) is 6.47 Å². The van der Waals surface area contributed by atoms with E-state index in [1.807, 2.05) is 0 Å². The van der Waals surface area contributed by atoms with E-state index in [9.17, 15) is 0 Å². The molecule has 3 nitrogen and oxygen atoms in total. The molecule has 0 unspecified atom stereocenters. The zero-order valence-corrected chi connectivity index (χ0v) is 12.7. The summed E-state index contributed by atoms with van der Waals surface area (Å²) in [6.07, 6.45) is 3.33. The summed E-state index contributed by atoms with van der Waals surface area (Å²) in [6.45, 7) is 2.76. The van der Waals surface area contributed by atoms with Crippen LogP contribution in [0.4, 0.5) is 0 Å². The van der Waals surface area contributed by atoms with E-state index in [2.05, 4.69) is 44.8 Å². The van der Waals surface area contributed by atoms with Gasteiger partial charge in [-0.25, -0.2) is 0 Å². The molecule has 0 aliphatic carbocycles. The van der Waals surface area contributed by atoms with Crippen molar-refractivity contribution in [3.63, 3.8) is 0 Å².